The number of likely N-dealkylation sites (N-methyl/N-ethyl adjacent to an activating group) is 1. The molecule has 1 aromatic carbocycles. The Balaban J connectivity index is 2.14. The normalized spacial score (nSPS) is 13.7. The number of ether oxygens (including phenoxy) is 1. The molecule has 0 unspecified atom stereocenters. The average molecular weight is 290 g/mol. The lowest BCUT2D eigenvalue weighted by Crippen LogP contribution is -2.45. The number of nitrogens with zero attached hydrogens (tertiary/aromatic N) is 2. The van der Waals surface area contributed by atoms with E-state index in [9.17, 15) is 9.59 Å². The predicted molar refractivity (Wildman–Crippen MR) is 81.6 cm³/mol. The van der Waals surface area contributed by atoms with Crippen LogP contribution in [0.4, 0.5) is 5.69 Å². The number of carbonyl (C=O) groups excluding carboxylic acids is 2. The highest BCUT2D eigenvalue weighted by atomic mass is 16.5. The van der Waals surface area contributed by atoms with Gasteiger partial charge in [0.05, 0.1) is 5.69 Å². The molecule has 0 aliphatic carbocycles. The van der Waals surface area contributed by atoms with Gasteiger partial charge in [-0.3, -0.25) is 14.5 Å². The van der Waals surface area contributed by atoms with Gasteiger partial charge in [-0.15, -0.1) is 0 Å². The Hall–Kier alpha value is -2.04. The second-order valence-electron chi connectivity index (χ2n) is 5.41. The summed E-state index contributed by atoms with van der Waals surface area (Å²) in [5.41, 5.74) is 1.72. The lowest BCUT2D eigenvalue weighted by molar-refractivity contribution is -0.131. The first-order chi connectivity index (χ1) is 10.0. The van der Waals surface area contributed by atoms with Crippen molar-refractivity contribution in [1.82, 2.24) is 4.90 Å². The summed E-state index contributed by atoms with van der Waals surface area (Å²) in [5, 5.41) is 0. The number of fused-ring (bicyclic) bond motifs is 1. The fraction of sp³-hybridized carbons (Fsp3) is 0.500. The van der Waals surface area contributed by atoms with Gasteiger partial charge in [0.1, 0.15) is 12.3 Å². The van der Waals surface area contributed by atoms with Gasteiger partial charge in [-0.25, -0.2) is 0 Å². The minimum Gasteiger partial charge on any atom is -0.482 e. The summed E-state index contributed by atoms with van der Waals surface area (Å²) >= 11 is 0. The topological polar surface area (TPSA) is 49.9 Å². The molecule has 0 saturated carbocycles. The van der Waals surface area contributed by atoms with Crippen LogP contribution in [0.25, 0.3) is 0 Å². The van der Waals surface area contributed by atoms with E-state index in [1.807, 2.05) is 25.1 Å². The zero-order valence-electron chi connectivity index (χ0n) is 12.9. The SMILES string of the molecule is CCCCN(C)C(=O)CN1C(=O)COc2ccc(C)cc21. The molecule has 0 bridgehead atoms. The molecule has 0 fully saturated rings. The van der Waals surface area contributed by atoms with Crippen LogP contribution >= 0.6 is 0 Å². The number of anilines is 1. The van der Waals surface area contributed by atoms with E-state index in [0.717, 1.165) is 18.4 Å². The third-order valence-electron chi connectivity index (χ3n) is 3.62. The van der Waals surface area contributed by atoms with Crippen molar-refractivity contribution in [3.8, 4) is 5.75 Å². The van der Waals surface area contributed by atoms with Crippen molar-refractivity contribution in [3.63, 3.8) is 0 Å². The van der Waals surface area contributed by atoms with E-state index >= 15 is 0 Å². The van der Waals surface area contributed by atoms with Gasteiger partial charge in [-0.1, -0.05) is 19.4 Å². The van der Waals surface area contributed by atoms with Crippen molar-refractivity contribution in [3.05, 3.63) is 23.8 Å². The monoisotopic (exact) mass is 290 g/mol. The van der Waals surface area contributed by atoms with Gasteiger partial charge in [0, 0.05) is 13.6 Å². The number of hydrogen-bond donors (Lipinski definition) is 0. The Labute approximate surface area is 125 Å². The summed E-state index contributed by atoms with van der Waals surface area (Å²) < 4.78 is 5.41. The van der Waals surface area contributed by atoms with Crippen LogP contribution in [0, 0.1) is 6.92 Å². The minimum atomic E-state index is -0.176. The lowest BCUT2D eigenvalue weighted by atomic mass is 10.1. The van der Waals surface area contributed by atoms with Crippen LogP contribution < -0.4 is 9.64 Å². The second kappa shape index (κ2) is 6.61. The van der Waals surface area contributed by atoms with E-state index in [2.05, 4.69) is 6.92 Å². The molecule has 0 spiro atoms. The molecule has 1 aromatic rings. The molecule has 114 valence electrons. The number of aryl methyl sites for hydroxylation is 1. The molecule has 0 radical (unpaired) electrons. The number of rotatable bonds is 5. The molecular formula is C16H22N2O3. The highest BCUT2D eigenvalue weighted by Crippen LogP contribution is 2.32. The molecule has 5 nitrogen and oxygen atoms in total. The number of unbranched alkanes of at least 4 members (excludes halogenated alkanes) is 1. The molecule has 1 aliphatic rings. The summed E-state index contributed by atoms with van der Waals surface area (Å²) in [5.74, 6) is 0.431. The molecule has 0 atom stereocenters. The van der Waals surface area contributed by atoms with Gasteiger partial charge in [-0.2, -0.15) is 0 Å². The standard InChI is InChI=1S/C16H22N2O3/c1-4-5-8-17(3)15(19)10-18-13-9-12(2)6-7-14(13)21-11-16(18)20/h6-7,9H,4-5,8,10-11H2,1-3H3. The number of carbonyl (C=O) groups is 2. The van der Waals surface area contributed by atoms with E-state index in [1.165, 1.54) is 4.90 Å². The van der Waals surface area contributed by atoms with Crippen LogP contribution in [0.5, 0.6) is 5.75 Å². The number of amides is 2. The molecule has 2 amide bonds. The molecule has 21 heavy (non-hydrogen) atoms. The fourth-order valence-corrected chi connectivity index (χ4v) is 2.26. The largest absolute Gasteiger partial charge is 0.482 e. The molecule has 2 rings (SSSR count). The Bertz CT molecular complexity index is 542. The van der Waals surface area contributed by atoms with Gasteiger partial charge in [0.15, 0.2) is 6.61 Å². The van der Waals surface area contributed by atoms with Crippen molar-refractivity contribution >= 4 is 17.5 Å². The summed E-state index contributed by atoms with van der Waals surface area (Å²) in [4.78, 5) is 27.5. The van der Waals surface area contributed by atoms with Crippen LogP contribution in [0.15, 0.2) is 18.2 Å². The van der Waals surface area contributed by atoms with Gasteiger partial charge in [-0.05, 0) is 31.0 Å². The van der Waals surface area contributed by atoms with Crippen LogP contribution in [-0.4, -0.2) is 43.5 Å². The molecule has 0 aromatic heterocycles. The summed E-state index contributed by atoms with van der Waals surface area (Å²) in [6.07, 6.45) is 2.01. The van der Waals surface area contributed by atoms with Crippen LogP contribution in [-0.2, 0) is 9.59 Å². The van der Waals surface area contributed by atoms with Gasteiger partial charge in [0.25, 0.3) is 5.91 Å². The smallest absolute Gasteiger partial charge is 0.265 e. The van der Waals surface area contributed by atoms with Crippen molar-refractivity contribution in [2.45, 2.75) is 26.7 Å². The van der Waals surface area contributed by atoms with Crippen molar-refractivity contribution in [1.29, 1.82) is 0 Å². The van der Waals surface area contributed by atoms with Crippen LogP contribution in [0.2, 0.25) is 0 Å². The fourth-order valence-electron chi connectivity index (χ4n) is 2.26. The molecular weight excluding hydrogens is 268 g/mol. The quantitative estimate of drug-likeness (QED) is 0.833. The summed E-state index contributed by atoms with van der Waals surface area (Å²) in [6, 6.07) is 5.66. The Morgan fingerprint density at radius 1 is 1.43 bits per heavy atom. The van der Waals surface area contributed by atoms with Gasteiger partial charge < -0.3 is 9.64 Å². The first-order valence-electron chi connectivity index (χ1n) is 7.30. The second-order valence-corrected chi connectivity index (χ2v) is 5.41. The van der Waals surface area contributed by atoms with E-state index in [1.54, 1.807) is 11.9 Å². The van der Waals surface area contributed by atoms with Crippen molar-refractivity contribution in [2.75, 3.05) is 31.6 Å². The molecule has 0 saturated heterocycles. The lowest BCUT2D eigenvalue weighted by Gasteiger charge is -2.30. The zero-order chi connectivity index (χ0) is 15.4. The number of benzene rings is 1. The number of hydrogen-bond acceptors (Lipinski definition) is 3. The average Bonchev–Trinajstić information content (AvgIpc) is 2.47. The van der Waals surface area contributed by atoms with E-state index in [0.29, 0.717) is 18.0 Å². The maximum atomic E-state index is 12.2. The van der Waals surface area contributed by atoms with E-state index < -0.39 is 0 Å². The highest BCUT2D eigenvalue weighted by Gasteiger charge is 2.28. The maximum absolute atomic E-state index is 12.2. The zero-order valence-corrected chi connectivity index (χ0v) is 12.9. The summed E-state index contributed by atoms with van der Waals surface area (Å²) in [6.45, 7) is 4.81. The van der Waals surface area contributed by atoms with Crippen molar-refractivity contribution in [2.24, 2.45) is 0 Å². The predicted octanol–water partition coefficient (Wildman–Crippen LogP) is 1.98. The molecule has 5 heteroatoms. The third kappa shape index (κ3) is 3.54. The van der Waals surface area contributed by atoms with Crippen molar-refractivity contribution < 1.29 is 14.3 Å². The maximum Gasteiger partial charge on any atom is 0.265 e. The van der Waals surface area contributed by atoms with Gasteiger partial charge in [0.2, 0.25) is 5.91 Å². The molecule has 1 heterocycles. The highest BCUT2D eigenvalue weighted by molar-refractivity contribution is 6.02. The molecule has 0 N–H and O–H groups in total. The third-order valence-corrected chi connectivity index (χ3v) is 3.62. The first kappa shape index (κ1) is 15.4. The summed E-state index contributed by atoms with van der Waals surface area (Å²) in [7, 11) is 1.78. The van der Waals surface area contributed by atoms with E-state index in [4.69, 9.17) is 4.74 Å². The Kier molecular flexibility index (Phi) is 4.83. The minimum absolute atomic E-state index is 0.0119. The molecule has 1 aliphatic heterocycles. The van der Waals surface area contributed by atoms with Gasteiger partial charge >= 0.3 is 0 Å². The van der Waals surface area contributed by atoms with Crippen LogP contribution in [0.1, 0.15) is 25.3 Å². The first-order valence-corrected chi connectivity index (χ1v) is 7.30. The van der Waals surface area contributed by atoms with E-state index in [-0.39, 0.29) is 25.0 Å². The van der Waals surface area contributed by atoms with Crippen LogP contribution in [0.3, 0.4) is 0 Å². The Morgan fingerprint density at radius 3 is 2.90 bits per heavy atom. The Morgan fingerprint density at radius 2 is 2.19 bits per heavy atom.